The Morgan fingerprint density at radius 3 is 2.52 bits per heavy atom. The number of hydrogen-bond acceptors (Lipinski definition) is 3. The average molecular weight is 476 g/mol. The third kappa shape index (κ3) is 6.52. The van der Waals surface area contributed by atoms with E-state index in [0.29, 0.717) is 23.7 Å². The molecule has 8 heteroatoms. The zero-order valence-electron chi connectivity index (χ0n) is 17.9. The van der Waals surface area contributed by atoms with Crippen LogP contribution in [0.25, 0.3) is 6.08 Å². The number of aryl methyl sites for hydroxylation is 1. The molecule has 0 radical (unpaired) electrons. The van der Waals surface area contributed by atoms with Crippen molar-refractivity contribution in [2.24, 2.45) is 0 Å². The summed E-state index contributed by atoms with van der Waals surface area (Å²) < 4.78 is 49.9. The summed E-state index contributed by atoms with van der Waals surface area (Å²) in [4.78, 5) is 12.2. The molecule has 0 bridgehead atoms. The van der Waals surface area contributed by atoms with Crippen LogP contribution in [0, 0.1) is 6.92 Å². The molecule has 0 heterocycles. The molecule has 0 saturated heterocycles. The second-order valence-electron chi connectivity index (χ2n) is 7.14. The third-order valence-corrected chi connectivity index (χ3v) is 5.14. The van der Waals surface area contributed by atoms with Gasteiger partial charge in [0.05, 0.1) is 23.4 Å². The number of hydrogen-bond donors (Lipinski definition) is 1. The molecular weight excluding hydrogens is 455 g/mol. The van der Waals surface area contributed by atoms with E-state index in [0.717, 1.165) is 29.3 Å². The molecule has 0 fully saturated rings. The summed E-state index contributed by atoms with van der Waals surface area (Å²) >= 11 is 5.91. The van der Waals surface area contributed by atoms with Crippen molar-refractivity contribution in [3.63, 3.8) is 0 Å². The summed E-state index contributed by atoms with van der Waals surface area (Å²) in [5.74, 6) is 0.389. The van der Waals surface area contributed by atoms with Crippen LogP contribution in [-0.2, 0) is 17.6 Å². The molecule has 0 saturated carbocycles. The number of halogens is 4. The van der Waals surface area contributed by atoms with Crippen LogP contribution < -0.4 is 14.8 Å². The van der Waals surface area contributed by atoms with Gasteiger partial charge < -0.3 is 14.8 Å². The number of nitrogens with one attached hydrogen (secondary N) is 1. The van der Waals surface area contributed by atoms with Gasteiger partial charge in [-0.15, -0.1) is 0 Å². The number of alkyl halides is 3. The summed E-state index contributed by atoms with van der Waals surface area (Å²) in [7, 11) is 1.51. The van der Waals surface area contributed by atoms with E-state index < -0.39 is 17.6 Å². The highest BCUT2D eigenvalue weighted by molar-refractivity contribution is 6.33. The van der Waals surface area contributed by atoms with Gasteiger partial charge in [0.1, 0.15) is 6.61 Å². The number of benzene rings is 3. The minimum Gasteiger partial charge on any atom is -0.493 e. The van der Waals surface area contributed by atoms with Crippen LogP contribution in [-0.4, -0.2) is 13.0 Å². The molecule has 0 atom stereocenters. The zero-order chi connectivity index (χ0) is 24.0. The lowest BCUT2D eigenvalue weighted by Crippen LogP contribution is -2.11. The van der Waals surface area contributed by atoms with Gasteiger partial charge in [-0.3, -0.25) is 4.79 Å². The molecule has 1 amide bonds. The molecule has 0 aliphatic rings. The van der Waals surface area contributed by atoms with Crippen molar-refractivity contribution in [2.75, 3.05) is 12.4 Å². The second kappa shape index (κ2) is 10.4. The van der Waals surface area contributed by atoms with Crippen molar-refractivity contribution in [1.29, 1.82) is 0 Å². The van der Waals surface area contributed by atoms with E-state index in [1.165, 1.54) is 19.3 Å². The predicted molar refractivity (Wildman–Crippen MR) is 123 cm³/mol. The van der Waals surface area contributed by atoms with Crippen molar-refractivity contribution in [1.82, 2.24) is 0 Å². The average Bonchev–Trinajstić information content (AvgIpc) is 2.78. The van der Waals surface area contributed by atoms with Gasteiger partial charge in [0.25, 0.3) is 0 Å². The van der Waals surface area contributed by atoms with Crippen molar-refractivity contribution >= 4 is 29.3 Å². The Hall–Kier alpha value is -3.45. The first-order valence-electron chi connectivity index (χ1n) is 9.88. The summed E-state index contributed by atoms with van der Waals surface area (Å²) in [5.41, 5.74) is 1.77. The van der Waals surface area contributed by atoms with Crippen LogP contribution in [0.3, 0.4) is 0 Å². The van der Waals surface area contributed by atoms with E-state index in [9.17, 15) is 18.0 Å². The van der Waals surface area contributed by atoms with Crippen LogP contribution in [0.2, 0.25) is 5.02 Å². The number of carbonyl (C=O) groups is 1. The summed E-state index contributed by atoms with van der Waals surface area (Å²) in [6.45, 7) is 2.37. The standard InChI is InChI=1S/C25H21ClF3NO3/c1-16-5-3-4-6-18(16)15-33-22-11-7-17(13-23(22)32-2)8-12-24(31)30-21-14-19(25(27,28)29)9-10-20(21)26/h3-14H,15H2,1-2H3,(H,30,31). The molecular formula is C25H21ClF3NO3. The molecule has 4 nitrogen and oxygen atoms in total. The van der Waals surface area contributed by atoms with Gasteiger partial charge in [-0.25, -0.2) is 0 Å². The van der Waals surface area contributed by atoms with Crippen LogP contribution >= 0.6 is 11.6 Å². The minimum absolute atomic E-state index is 0.00146. The maximum atomic E-state index is 12.9. The van der Waals surface area contributed by atoms with E-state index >= 15 is 0 Å². The maximum Gasteiger partial charge on any atom is 0.416 e. The van der Waals surface area contributed by atoms with Crippen molar-refractivity contribution in [3.05, 3.63) is 94.0 Å². The van der Waals surface area contributed by atoms with Gasteiger partial charge in [0, 0.05) is 6.08 Å². The lowest BCUT2D eigenvalue weighted by Gasteiger charge is -2.12. The van der Waals surface area contributed by atoms with Crippen LogP contribution in [0.4, 0.5) is 18.9 Å². The maximum absolute atomic E-state index is 12.9. The van der Waals surface area contributed by atoms with E-state index in [1.54, 1.807) is 18.2 Å². The minimum atomic E-state index is -4.54. The summed E-state index contributed by atoms with van der Waals surface area (Å²) in [6.07, 6.45) is -1.84. The predicted octanol–water partition coefficient (Wildman–Crippen LogP) is 6.91. The zero-order valence-corrected chi connectivity index (χ0v) is 18.6. The van der Waals surface area contributed by atoms with Crippen LogP contribution in [0.15, 0.2) is 66.7 Å². The second-order valence-corrected chi connectivity index (χ2v) is 7.55. The Balaban J connectivity index is 1.68. The number of amides is 1. The van der Waals surface area contributed by atoms with Crippen molar-refractivity contribution < 1.29 is 27.4 Å². The molecule has 3 aromatic carbocycles. The fourth-order valence-electron chi connectivity index (χ4n) is 2.98. The first-order valence-corrected chi connectivity index (χ1v) is 10.3. The lowest BCUT2D eigenvalue weighted by molar-refractivity contribution is -0.137. The molecule has 3 aromatic rings. The summed E-state index contributed by atoms with van der Waals surface area (Å²) in [5, 5.41) is 2.36. The Morgan fingerprint density at radius 1 is 1.06 bits per heavy atom. The fourth-order valence-corrected chi connectivity index (χ4v) is 3.14. The molecule has 0 spiro atoms. The van der Waals surface area contributed by atoms with E-state index in [2.05, 4.69) is 5.32 Å². The van der Waals surface area contributed by atoms with E-state index in [1.807, 2.05) is 31.2 Å². The van der Waals surface area contributed by atoms with Gasteiger partial charge in [0.2, 0.25) is 5.91 Å². The summed E-state index contributed by atoms with van der Waals surface area (Å²) in [6, 6.07) is 15.7. The van der Waals surface area contributed by atoms with Gasteiger partial charge in [-0.1, -0.05) is 41.9 Å². The Bertz CT molecular complexity index is 1180. The number of rotatable bonds is 7. The monoisotopic (exact) mass is 475 g/mol. The van der Waals surface area contributed by atoms with Crippen LogP contribution in [0.5, 0.6) is 11.5 Å². The quantitative estimate of drug-likeness (QED) is 0.378. The highest BCUT2D eigenvalue weighted by atomic mass is 35.5. The Labute approximate surface area is 194 Å². The van der Waals surface area contributed by atoms with E-state index in [4.69, 9.17) is 21.1 Å². The van der Waals surface area contributed by atoms with Gasteiger partial charge in [-0.05, 0) is 60.0 Å². The van der Waals surface area contributed by atoms with Gasteiger partial charge >= 0.3 is 6.18 Å². The first-order chi connectivity index (χ1) is 15.7. The molecule has 33 heavy (non-hydrogen) atoms. The van der Waals surface area contributed by atoms with Gasteiger partial charge in [-0.2, -0.15) is 13.2 Å². The largest absolute Gasteiger partial charge is 0.493 e. The van der Waals surface area contributed by atoms with Gasteiger partial charge in [0.15, 0.2) is 11.5 Å². The molecule has 3 rings (SSSR count). The normalized spacial score (nSPS) is 11.5. The van der Waals surface area contributed by atoms with Crippen molar-refractivity contribution in [3.8, 4) is 11.5 Å². The molecule has 172 valence electrons. The topological polar surface area (TPSA) is 47.6 Å². The van der Waals surface area contributed by atoms with Crippen molar-refractivity contribution in [2.45, 2.75) is 19.7 Å². The molecule has 0 aliphatic carbocycles. The molecule has 1 N–H and O–H groups in total. The highest BCUT2D eigenvalue weighted by Gasteiger charge is 2.31. The Kier molecular flexibility index (Phi) is 7.66. The van der Waals surface area contributed by atoms with E-state index in [-0.39, 0.29) is 10.7 Å². The number of carbonyl (C=O) groups excluding carboxylic acids is 1. The fraction of sp³-hybridized carbons (Fsp3) is 0.160. The smallest absolute Gasteiger partial charge is 0.416 e. The SMILES string of the molecule is COc1cc(C=CC(=O)Nc2cc(C(F)(F)F)ccc2Cl)ccc1OCc1ccccc1C. The third-order valence-electron chi connectivity index (χ3n) is 4.81. The lowest BCUT2D eigenvalue weighted by atomic mass is 10.1. The first kappa shape index (κ1) is 24.2. The molecule has 0 unspecified atom stereocenters. The number of methoxy groups -OCH3 is 1. The number of ether oxygens (including phenoxy) is 2. The number of anilines is 1. The van der Waals surface area contributed by atoms with Crippen LogP contribution in [0.1, 0.15) is 22.3 Å². The Morgan fingerprint density at radius 2 is 1.82 bits per heavy atom. The molecule has 0 aliphatic heterocycles. The molecule has 0 aromatic heterocycles. The highest BCUT2D eigenvalue weighted by Crippen LogP contribution is 2.34.